The van der Waals surface area contributed by atoms with Crippen molar-refractivity contribution in [3.05, 3.63) is 33.9 Å². The van der Waals surface area contributed by atoms with Gasteiger partial charge in [0.2, 0.25) is 0 Å². The molecule has 20 heavy (non-hydrogen) atoms. The molecule has 1 aromatic rings. The van der Waals surface area contributed by atoms with Crippen molar-refractivity contribution in [3.8, 4) is 5.75 Å². The highest BCUT2D eigenvalue weighted by Crippen LogP contribution is 2.30. The van der Waals surface area contributed by atoms with Crippen LogP contribution < -0.4 is 10.1 Å². The monoisotopic (exact) mass is 282 g/mol. The van der Waals surface area contributed by atoms with Gasteiger partial charge in [-0.05, 0) is 26.5 Å². The topological polar surface area (TPSA) is 102 Å². The van der Waals surface area contributed by atoms with Gasteiger partial charge < -0.3 is 15.2 Å². The molecular weight excluding hydrogens is 264 g/mol. The molecule has 1 unspecified atom stereocenters. The number of nitrogens with zero attached hydrogens (tertiary/aromatic N) is 1. The van der Waals surface area contributed by atoms with Crippen molar-refractivity contribution in [2.45, 2.75) is 25.8 Å². The third-order valence-electron chi connectivity index (χ3n) is 3.26. The molecule has 0 saturated carbocycles. The summed E-state index contributed by atoms with van der Waals surface area (Å²) >= 11 is 0. The number of nitro groups is 1. The van der Waals surface area contributed by atoms with E-state index in [1.807, 2.05) is 0 Å². The number of hydrogen-bond acceptors (Lipinski definition) is 5. The summed E-state index contributed by atoms with van der Waals surface area (Å²) in [5.74, 6) is -0.816. The van der Waals surface area contributed by atoms with Crippen LogP contribution in [0.1, 0.15) is 18.9 Å². The molecule has 7 nitrogen and oxygen atoms in total. The van der Waals surface area contributed by atoms with Gasteiger partial charge in [-0.1, -0.05) is 12.1 Å². The van der Waals surface area contributed by atoms with Gasteiger partial charge in [0.15, 0.2) is 5.75 Å². The first-order valence-electron chi connectivity index (χ1n) is 6.11. The minimum absolute atomic E-state index is 0.0648. The third-order valence-corrected chi connectivity index (χ3v) is 3.26. The van der Waals surface area contributed by atoms with Crippen molar-refractivity contribution in [2.24, 2.45) is 0 Å². The number of nitro benzene ring substituents is 1. The lowest BCUT2D eigenvalue weighted by molar-refractivity contribution is -0.385. The van der Waals surface area contributed by atoms with E-state index in [0.29, 0.717) is 5.56 Å². The van der Waals surface area contributed by atoms with Crippen LogP contribution in [0.15, 0.2) is 18.2 Å². The van der Waals surface area contributed by atoms with E-state index in [1.165, 1.54) is 13.0 Å². The van der Waals surface area contributed by atoms with Crippen LogP contribution in [-0.4, -0.2) is 35.2 Å². The predicted molar refractivity (Wildman–Crippen MR) is 73.0 cm³/mol. The Morgan fingerprint density at radius 1 is 1.55 bits per heavy atom. The van der Waals surface area contributed by atoms with Gasteiger partial charge in [0.05, 0.1) is 11.5 Å². The van der Waals surface area contributed by atoms with E-state index in [1.54, 1.807) is 26.1 Å². The van der Waals surface area contributed by atoms with Crippen LogP contribution in [0.25, 0.3) is 0 Å². The summed E-state index contributed by atoms with van der Waals surface area (Å²) in [6.07, 6.45) is 0.185. The Hall–Kier alpha value is -2.15. The normalized spacial score (nSPS) is 13.6. The van der Waals surface area contributed by atoms with Crippen LogP contribution in [0.5, 0.6) is 5.75 Å². The number of rotatable bonds is 7. The first kappa shape index (κ1) is 15.9. The summed E-state index contributed by atoms with van der Waals surface area (Å²) in [6, 6.07) is 4.64. The smallest absolute Gasteiger partial charge is 0.323 e. The van der Waals surface area contributed by atoms with Crippen molar-refractivity contribution >= 4 is 11.7 Å². The van der Waals surface area contributed by atoms with Crippen molar-refractivity contribution in [2.75, 3.05) is 13.7 Å². The zero-order chi connectivity index (χ0) is 15.3. The van der Waals surface area contributed by atoms with Crippen LogP contribution >= 0.6 is 0 Å². The van der Waals surface area contributed by atoms with Crippen LogP contribution in [0.4, 0.5) is 5.69 Å². The molecule has 2 N–H and O–H groups in total. The van der Waals surface area contributed by atoms with E-state index < -0.39 is 16.4 Å². The van der Waals surface area contributed by atoms with Crippen LogP contribution in [0.2, 0.25) is 0 Å². The molecule has 0 fully saturated rings. The second-order valence-corrected chi connectivity index (χ2v) is 4.67. The van der Waals surface area contributed by atoms with Gasteiger partial charge in [0.25, 0.3) is 0 Å². The maximum Gasteiger partial charge on any atom is 0.323 e. The zero-order valence-electron chi connectivity index (χ0n) is 11.7. The Bertz CT molecular complexity index is 517. The molecule has 0 bridgehead atoms. The lowest BCUT2D eigenvalue weighted by atomic mass is 9.99. The van der Waals surface area contributed by atoms with Gasteiger partial charge in [0.1, 0.15) is 5.54 Å². The van der Waals surface area contributed by atoms with Gasteiger partial charge >= 0.3 is 11.7 Å². The van der Waals surface area contributed by atoms with Gasteiger partial charge in [-0.25, -0.2) is 0 Å². The molecule has 0 aromatic heterocycles. The molecule has 0 saturated heterocycles. The molecule has 1 atom stereocenters. The first-order chi connectivity index (χ1) is 9.31. The SMILES string of the molecule is CNC(C)(CCOc1c(C)cccc1[N+](=O)[O-])C(=O)O. The summed E-state index contributed by atoms with van der Waals surface area (Å²) in [5, 5.41) is 22.7. The highest BCUT2D eigenvalue weighted by Gasteiger charge is 2.31. The standard InChI is InChI=1S/C13H18N2O5/c1-9-5-4-6-10(15(18)19)11(9)20-8-7-13(2,14-3)12(16)17/h4-6,14H,7-8H2,1-3H3,(H,16,17). The van der Waals surface area contributed by atoms with Crippen LogP contribution in [0, 0.1) is 17.0 Å². The summed E-state index contributed by atoms with van der Waals surface area (Å²) in [4.78, 5) is 21.5. The number of likely N-dealkylation sites (N-methyl/N-ethyl adjacent to an activating group) is 1. The molecule has 0 radical (unpaired) electrons. The summed E-state index contributed by atoms with van der Waals surface area (Å²) < 4.78 is 5.43. The number of benzene rings is 1. The number of carboxylic acids is 1. The number of hydrogen-bond donors (Lipinski definition) is 2. The Labute approximate surface area is 116 Å². The fourth-order valence-electron chi connectivity index (χ4n) is 1.66. The summed E-state index contributed by atoms with van der Waals surface area (Å²) in [5.41, 5.74) is -0.607. The molecule has 0 aliphatic carbocycles. The molecule has 0 spiro atoms. The minimum atomic E-state index is -1.13. The van der Waals surface area contributed by atoms with Gasteiger partial charge in [-0.2, -0.15) is 0 Å². The molecule has 1 aromatic carbocycles. The molecule has 0 aliphatic rings. The maximum atomic E-state index is 11.1. The fraction of sp³-hybridized carbons (Fsp3) is 0.462. The Balaban J connectivity index is 2.81. The number of carbonyl (C=O) groups is 1. The molecule has 0 amide bonds. The van der Waals surface area contributed by atoms with E-state index in [2.05, 4.69) is 5.32 Å². The highest BCUT2D eigenvalue weighted by molar-refractivity contribution is 5.78. The number of nitrogens with one attached hydrogen (secondary N) is 1. The second-order valence-electron chi connectivity index (χ2n) is 4.67. The quantitative estimate of drug-likeness (QED) is 0.583. The van der Waals surface area contributed by atoms with Gasteiger partial charge in [-0.3, -0.25) is 14.9 Å². The van der Waals surface area contributed by atoms with Crippen LogP contribution in [0.3, 0.4) is 0 Å². The van der Waals surface area contributed by atoms with E-state index in [4.69, 9.17) is 9.84 Å². The number of carboxylic acid groups (broad SMARTS) is 1. The van der Waals surface area contributed by atoms with E-state index in [0.717, 1.165) is 0 Å². The maximum absolute atomic E-state index is 11.1. The molecule has 7 heteroatoms. The number of aryl methyl sites for hydroxylation is 1. The van der Waals surface area contributed by atoms with E-state index in [-0.39, 0.29) is 24.5 Å². The Kier molecular flexibility index (Phi) is 5.04. The number of ether oxygens (including phenoxy) is 1. The number of para-hydroxylation sites is 1. The summed E-state index contributed by atoms with van der Waals surface area (Å²) in [7, 11) is 1.55. The Morgan fingerprint density at radius 3 is 2.70 bits per heavy atom. The van der Waals surface area contributed by atoms with Gasteiger partial charge in [-0.15, -0.1) is 0 Å². The highest BCUT2D eigenvalue weighted by atomic mass is 16.6. The summed E-state index contributed by atoms with van der Waals surface area (Å²) in [6.45, 7) is 3.30. The zero-order valence-corrected chi connectivity index (χ0v) is 11.7. The number of aliphatic carboxylic acids is 1. The molecular formula is C13H18N2O5. The molecule has 0 aliphatic heterocycles. The van der Waals surface area contributed by atoms with E-state index >= 15 is 0 Å². The van der Waals surface area contributed by atoms with Crippen LogP contribution in [-0.2, 0) is 4.79 Å². The third kappa shape index (κ3) is 3.45. The Morgan fingerprint density at radius 2 is 2.20 bits per heavy atom. The van der Waals surface area contributed by atoms with Crippen molar-refractivity contribution in [1.82, 2.24) is 5.32 Å². The fourth-order valence-corrected chi connectivity index (χ4v) is 1.66. The van der Waals surface area contributed by atoms with Crippen molar-refractivity contribution in [1.29, 1.82) is 0 Å². The lowest BCUT2D eigenvalue weighted by Gasteiger charge is -2.24. The minimum Gasteiger partial charge on any atom is -0.487 e. The second kappa shape index (κ2) is 6.33. The molecule has 1 rings (SSSR count). The largest absolute Gasteiger partial charge is 0.487 e. The predicted octanol–water partition coefficient (Wildman–Crippen LogP) is 1.73. The van der Waals surface area contributed by atoms with Crippen molar-refractivity contribution in [3.63, 3.8) is 0 Å². The first-order valence-corrected chi connectivity index (χ1v) is 6.11. The average molecular weight is 282 g/mol. The molecule has 110 valence electrons. The average Bonchev–Trinajstić information content (AvgIpc) is 2.39. The van der Waals surface area contributed by atoms with Gasteiger partial charge in [0, 0.05) is 12.5 Å². The van der Waals surface area contributed by atoms with Crippen molar-refractivity contribution < 1.29 is 19.6 Å². The van der Waals surface area contributed by atoms with E-state index in [9.17, 15) is 14.9 Å². The lowest BCUT2D eigenvalue weighted by Crippen LogP contribution is -2.48. The molecule has 0 heterocycles.